The van der Waals surface area contributed by atoms with Gasteiger partial charge in [0.1, 0.15) is 11.4 Å². The molecule has 0 atom stereocenters. The number of carboxylic acids is 1. The minimum absolute atomic E-state index is 0.0938. The first-order valence-electron chi connectivity index (χ1n) is 7.34. The number of aromatic nitrogens is 2. The Hall–Kier alpha value is -2.72. The standard InChI is InChI=1S/C9H8FNO2S.C7H4FNO2S/c1-2-13-9(12)6-3-7-5(11-6)4-8(10)14-7;8-6-2-3-5(12-6)1-4(9-3)7(10)11/h3-4,11H,2H2,1H3;1-2,9H,(H,10,11). The van der Waals surface area contributed by atoms with Crippen molar-refractivity contribution in [2.24, 2.45) is 0 Å². The number of hydrogen-bond acceptors (Lipinski definition) is 5. The van der Waals surface area contributed by atoms with Crippen LogP contribution in [0.25, 0.3) is 20.4 Å². The van der Waals surface area contributed by atoms with E-state index >= 15 is 0 Å². The van der Waals surface area contributed by atoms with Gasteiger partial charge in [-0.05, 0) is 19.1 Å². The number of H-pyrrole nitrogens is 2. The fourth-order valence-electron chi connectivity index (χ4n) is 2.22. The molecule has 0 amide bonds. The molecule has 10 heteroatoms. The summed E-state index contributed by atoms with van der Waals surface area (Å²) in [5.41, 5.74) is 1.63. The summed E-state index contributed by atoms with van der Waals surface area (Å²) < 4.78 is 31.4. The first-order valence-corrected chi connectivity index (χ1v) is 8.97. The van der Waals surface area contributed by atoms with Crippen LogP contribution in [0, 0.1) is 10.3 Å². The van der Waals surface area contributed by atoms with E-state index in [1.54, 1.807) is 13.0 Å². The number of carboxylic acid groups (broad SMARTS) is 1. The molecule has 26 heavy (non-hydrogen) atoms. The molecule has 0 aliphatic heterocycles. The van der Waals surface area contributed by atoms with Gasteiger partial charge in [0, 0.05) is 12.1 Å². The molecule has 0 saturated heterocycles. The Bertz CT molecular complexity index is 1030. The number of aromatic amines is 2. The maximum Gasteiger partial charge on any atom is 0.354 e. The van der Waals surface area contributed by atoms with Gasteiger partial charge in [0.15, 0.2) is 10.3 Å². The summed E-state index contributed by atoms with van der Waals surface area (Å²) in [6, 6.07) is 5.67. The van der Waals surface area contributed by atoms with Gasteiger partial charge in [0.25, 0.3) is 0 Å². The largest absolute Gasteiger partial charge is 0.477 e. The fraction of sp³-hybridized carbons (Fsp3) is 0.125. The number of carbonyl (C=O) groups is 2. The summed E-state index contributed by atoms with van der Waals surface area (Å²) in [7, 11) is 0. The topological polar surface area (TPSA) is 95.2 Å². The molecule has 3 N–H and O–H groups in total. The predicted octanol–water partition coefficient (Wildman–Crippen LogP) is 4.61. The molecule has 0 unspecified atom stereocenters. The van der Waals surface area contributed by atoms with Gasteiger partial charge in [-0.2, -0.15) is 8.78 Å². The van der Waals surface area contributed by atoms with Crippen LogP contribution >= 0.6 is 22.7 Å². The SMILES string of the molecule is CCOC(=O)c1cc2sc(F)cc2[nH]1.O=C(O)c1cc2sc(F)cc2[nH]1. The third kappa shape index (κ3) is 3.75. The number of esters is 1. The molecular weight excluding hydrogens is 386 g/mol. The van der Waals surface area contributed by atoms with Crippen LogP contribution in [0.2, 0.25) is 0 Å². The molecule has 0 fully saturated rings. The van der Waals surface area contributed by atoms with Crippen LogP contribution < -0.4 is 0 Å². The van der Waals surface area contributed by atoms with E-state index in [1.165, 1.54) is 18.2 Å². The highest BCUT2D eigenvalue weighted by atomic mass is 32.1. The van der Waals surface area contributed by atoms with Crippen LogP contribution in [0.4, 0.5) is 8.78 Å². The zero-order chi connectivity index (χ0) is 18.8. The van der Waals surface area contributed by atoms with Crippen LogP contribution in [0.3, 0.4) is 0 Å². The molecule has 4 rings (SSSR count). The van der Waals surface area contributed by atoms with Gasteiger partial charge < -0.3 is 19.8 Å². The average molecular weight is 398 g/mol. The molecule has 0 saturated carbocycles. The molecular formula is C16H12F2N2O4S2. The Morgan fingerprint density at radius 3 is 1.96 bits per heavy atom. The van der Waals surface area contributed by atoms with E-state index < -0.39 is 11.9 Å². The van der Waals surface area contributed by atoms with Crippen molar-refractivity contribution in [2.45, 2.75) is 6.92 Å². The van der Waals surface area contributed by atoms with E-state index in [4.69, 9.17) is 9.84 Å². The first-order chi connectivity index (χ1) is 12.4. The quantitative estimate of drug-likeness (QED) is 0.439. The lowest BCUT2D eigenvalue weighted by atomic mass is 10.4. The van der Waals surface area contributed by atoms with E-state index in [9.17, 15) is 18.4 Å². The lowest BCUT2D eigenvalue weighted by molar-refractivity contribution is 0.0520. The third-order valence-electron chi connectivity index (χ3n) is 3.28. The van der Waals surface area contributed by atoms with Crippen molar-refractivity contribution < 1.29 is 28.2 Å². The monoisotopic (exact) mass is 398 g/mol. The zero-order valence-corrected chi connectivity index (χ0v) is 14.9. The highest BCUT2D eigenvalue weighted by molar-refractivity contribution is 7.17. The molecule has 4 aromatic rings. The lowest BCUT2D eigenvalue weighted by Gasteiger charge is -1.96. The van der Waals surface area contributed by atoms with Crippen LogP contribution in [0.5, 0.6) is 0 Å². The first kappa shape index (κ1) is 18.1. The molecule has 0 aliphatic carbocycles. The number of aromatic carboxylic acids is 1. The van der Waals surface area contributed by atoms with E-state index in [0.29, 0.717) is 28.0 Å². The van der Waals surface area contributed by atoms with E-state index in [1.807, 2.05) is 0 Å². The lowest BCUT2D eigenvalue weighted by Crippen LogP contribution is -2.04. The van der Waals surface area contributed by atoms with Gasteiger partial charge in [-0.15, -0.1) is 22.7 Å². The second kappa shape index (κ2) is 7.26. The Morgan fingerprint density at radius 2 is 1.50 bits per heavy atom. The van der Waals surface area contributed by atoms with Crippen molar-refractivity contribution in [2.75, 3.05) is 6.61 Å². The van der Waals surface area contributed by atoms with Crippen LogP contribution in [-0.4, -0.2) is 33.6 Å². The average Bonchev–Trinajstić information content (AvgIpc) is 3.26. The number of hydrogen-bond donors (Lipinski definition) is 3. The summed E-state index contributed by atoms with van der Waals surface area (Å²) in [6.45, 7) is 2.07. The number of ether oxygens (including phenoxy) is 1. The number of nitrogens with one attached hydrogen (secondary N) is 2. The van der Waals surface area contributed by atoms with Gasteiger partial charge in [-0.25, -0.2) is 9.59 Å². The Labute approximate surface area is 153 Å². The Balaban J connectivity index is 0.000000152. The van der Waals surface area contributed by atoms with Crippen molar-refractivity contribution in [3.05, 3.63) is 45.9 Å². The molecule has 6 nitrogen and oxygen atoms in total. The zero-order valence-electron chi connectivity index (χ0n) is 13.3. The van der Waals surface area contributed by atoms with E-state index in [-0.39, 0.29) is 16.0 Å². The second-order valence-electron chi connectivity index (χ2n) is 5.05. The number of carbonyl (C=O) groups excluding carboxylic acids is 1. The van der Waals surface area contributed by atoms with Gasteiger partial charge in [-0.1, -0.05) is 0 Å². The Morgan fingerprint density at radius 1 is 1.00 bits per heavy atom. The normalized spacial score (nSPS) is 10.7. The fourth-order valence-corrected chi connectivity index (χ4v) is 3.78. The smallest absolute Gasteiger partial charge is 0.354 e. The number of thiophene rings is 2. The van der Waals surface area contributed by atoms with Gasteiger partial charge in [-0.3, -0.25) is 0 Å². The highest BCUT2D eigenvalue weighted by Crippen LogP contribution is 2.25. The maximum atomic E-state index is 12.7. The minimum atomic E-state index is -1.03. The highest BCUT2D eigenvalue weighted by Gasteiger charge is 2.12. The number of fused-ring (bicyclic) bond motifs is 2. The molecule has 0 bridgehead atoms. The predicted molar refractivity (Wildman–Crippen MR) is 95.2 cm³/mol. The van der Waals surface area contributed by atoms with E-state index in [2.05, 4.69) is 9.97 Å². The summed E-state index contributed by atoms with van der Waals surface area (Å²) in [5, 5.41) is 7.98. The van der Waals surface area contributed by atoms with Gasteiger partial charge in [0.2, 0.25) is 0 Å². The summed E-state index contributed by atoms with van der Waals surface area (Å²) in [4.78, 5) is 27.1. The molecule has 4 aromatic heterocycles. The van der Waals surface area contributed by atoms with Crippen LogP contribution in [0.15, 0.2) is 24.3 Å². The summed E-state index contributed by atoms with van der Waals surface area (Å²) >= 11 is 1.93. The maximum absolute atomic E-state index is 12.7. The van der Waals surface area contributed by atoms with Crippen molar-refractivity contribution >= 4 is 55.0 Å². The van der Waals surface area contributed by atoms with Crippen molar-refractivity contribution in [1.29, 1.82) is 0 Å². The molecule has 0 radical (unpaired) electrons. The van der Waals surface area contributed by atoms with Gasteiger partial charge >= 0.3 is 11.9 Å². The molecule has 0 aromatic carbocycles. The van der Waals surface area contributed by atoms with Gasteiger partial charge in [0.05, 0.1) is 27.0 Å². The van der Waals surface area contributed by atoms with Crippen molar-refractivity contribution in [3.8, 4) is 0 Å². The Kier molecular flexibility index (Phi) is 5.05. The summed E-state index contributed by atoms with van der Waals surface area (Å²) in [5.74, 6) is -1.44. The van der Waals surface area contributed by atoms with Crippen LogP contribution in [0.1, 0.15) is 27.9 Å². The number of halogens is 2. The molecule has 0 spiro atoms. The van der Waals surface area contributed by atoms with Crippen molar-refractivity contribution in [3.63, 3.8) is 0 Å². The van der Waals surface area contributed by atoms with Crippen molar-refractivity contribution in [1.82, 2.24) is 9.97 Å². The molecule has 4 heterocycles. The minimum Gasteiger partial charge on any atom is -0.477 e. The van der Waals surface area contributed by atoms with Crippen LogP contribution in [-0.2, 0) is 4.74 Å². The summed E-state index contributed by atoms with van der Waals surface area (Å²) in [6.07, 6.45) is 0. The second-order valence-corrected chi connectivity index (χ2v) is 7.12. The molecule has 0 aliphatic rings. The van der Waals surface area contributed by atoms with E-state index in [0.717, 1.165) is 27.4 Å². The molecule has 136 valence electrons. The number of rotatable bonds is 3. The third-order valence-corrected chi connectivity index (χ3v) is 5.02.